The third kappa shape index (κ3) is 2.66. The van der Waals surface area contributed by atoms with Gasteiger partial charge < -0.3 is 20.3 Å². The van der Waals surface area contributed by atoms with Crippen molar-refractivity contribution in [3.63, 3.8) is 0 Å². The summed E-state index contributed by atoms with van der Waals surface area (Å²) in [5.41, 5.74) is 4.66. The standard InChI is InChI=1S/C18H21ClFN3O3/c1-8-12(21)7-22(8)15-11(20)5-9-14(13(15)19)23(18(2,3)4)6-10(16(9)24)17(25)26/h5-6,8,12H,7,21H2,1-4H3,(H,25,26). The van der Waals surface area contributed by atoms with Gasteiger partial charge in [0.25, 0.3) is 0 Å². The number of carbonyl (C=O) groups is 1. The van der Waals surface area contributed by atoms with E-state index in [-0.39, 0.29) is 28.2 Å². The number of aromatic carboxylic acids is 1. The molecule has 6 nitrogen and oxygen atoms in total. The first kappa shape index (κ1) is 18.7. The van der Waals surface area contributed by atoms with Crippen LogP contribution in [0.4, 0.5) is 10.1 Å². The summed E-state index contributed by atoms with van der Waals surface area (Å²) in [4.78, 5) is 25.8. The lowest BCUT2D eigenvalue weighted by Gasteiger charge is -2.46. The minimum atomic E-state index is -1.36. The third-order valence-electron chi connectivity index (χ3n) is 4.92. The molecule has 0 spiro atoms. The first-order valence-electron chi connectivity index (χ1n) is 8.28. The van der Waals surface area contributed by atoms with E-state index in [1.807, 2.05) is 27.7 Å². The van der Waals surface area contributed by atoms with Crippen LogP contribution in [0.5, 0.6) is 0 Å². The van der Waals surface area contributed by atoms with Gasteiger partial charge in [-0.05, 0) is 33.8 Å². The second kappa shape index (κ2) is 5.96. The fourth-order valence-corrected chi connectivity index (χ4v) is 3.67. The molecule has 1 aliphatic rings. The van der Waals surface area contributed by atoms with Crippen molar-refractivity contribution in [1.29, 1.82) is 0 Å². The second-order valence-corrected chi connectivity index (χ2v) is 8.07. The minimum absolute atomic E-state index is 0.0523. The molecule has 1 fully saturated rings. The molecular weight excluding hydrogens is 361 g/mol. The number of nitrogens with zero attached hydrogens (tertiary/aromatic N) is 2. The van der Waals surface area contributed by atoms with Gasteiger partial charge in [0.2, 0.25) is 5.43 Å². The van der Waals surface area contributed by atoms with E-state index in [2.05, 4.69) is 0 Å². The van der Waals surface area contributed by atoms with Crippen molar-refractivity contribution in [1.82, 2.24) is 4.57 Å². The van der Waals surface area contributed by atoms with Crippen molar-refractivity contribution in [2.24, 2.45) is 5.73 Å². The van der Waals surface area contributed by atoms with E-state index in [1.165, 1.54) is 6.20 Å². The Morgan fingerprint density at radius 3 is 2.50 bits per heavy atom. The number of halogens is 2. The van der Waals surface area contributed by atoms with Gasteiger partial charge in [0.1, 0.15) is 11.4 Å². The normalized spacial score (nSPS) is 20.3. The molecule has 8 heteroatoms. The summed E-state index contributed by atoms with van der Waals surface area (Å²) in [6.07, 6.45) is 1.27. The molecule has 0 amide bonds. The predicted molar refractivity (Wildman–Crippen MR) is 99.9 cm³/mol. The highest BCUT2D eigenvalue weighted by Gasteiger charge is 2.37. The Balaban J connectivity index is 2.43. The van der Waals surface area contributed by atoms with E-state index in [4.69, 9.17) is 17.3 Å². The number of hydrogen-bond acceptors (Lipinski definition) is 4. The monoisotopic (exact) mass is 381 g/mol. The van der Waals surface area contributed by atoms with Gasteiger partial charge in [0, 0.05) is 30.4 Å². The average molecular weight is 382 g/mol. The summed E-state index contributed by atoms with van der Waals surface area (Å²) in [6, 6.07) is 0.900. The maximum Gasteiger partial charge on any atom is 0.341 e. The molecule has 2 unspecified atom stereocenters. The summed E-state index contributed by atoms with van der Waals surface area (Å²) in [5.74, 6) is -2.03. The van der Waals surface area contributed by atoms with Gasteiger partial charge >= 0.3 is 5.97 Å². The Morgan fingerprint density at radius 1 is 1.42 bits per heavy atom. The molecule has 0 saturated carbocycles. The zero-order chi connectivity index (χ0) is 19.5. The molecule has 1 saturated heterocycles. The summed E-state index contributed by atoms with van der Waals surface area (Å²) in [5, 5.41) is 9.38. The molecule has 0 radical (unpaired) electrons. The summed E-state index contributed by atoms with van der Waals surface area (Å²) < 4.78 is 16.4. The van der Waals surface area contributed by atoms with E-state index < -0.39 is 28.3 Å². The minimum Gasteiger partial charge on any atom is -0.477 e. The lowest BCUT2D eigenvalue weighted by Crippen LogP contribution is -2.63. The van der Waals surface area contributed by atoms with E-state index in [0.29, 0.717) is 12.1 Å². The van der Waals surface area contributed by atoms with Gasteiger partial charge in [-0.15, -0.1) is 0 Å². The highest BCUT2D eigenvalue weighted by Crippen LogP contribution is 2.40. The van der Waals surface area contributed by atoms with Gasteiger partial charge in [-0.2, -0.15) is 0 Å². The van der Waals surface area contributed by atoms with Crippen molar-refractivity contribution in [2.45, 2.75) is 45.3 Å². The van der Waals surface area contributed by atoms with E-state index >= 15 is 0 Å². The topological polar surface area (TPSA) is 88.6 Å². The molecular formula is C18H21ClFN3O3. The van der Waals surface area contributed by atoms with Crippen molar-refractivity contribution in [3.8, 4) is 0 Å². The van der Waals surface area contributed by atoms with Gasteiger partial charge in [0.05, 0.1) is 21.6 Å². The number of fused-ring (bicyclic) bond motifs is 1. The summed E-state index contributed by atoms with van der Waals surface area (Å²) >= 11 is 6.55. The number of nitrogens with two attached hydrogens (primary N) is 1. The Hall–Kier alpha value is -2.12. The SMILES string of the molecule is CC1C(N)CN1c1c(F)cc2c(=O)c(C(=O)O)cn(C(C)(C)C)c2c1Cl. The summed E-state index contributed by atoms with van der Waals surface area (Å²) in [7, 11) is 0. The molecule has 1 aromatic heterocycles. The van der Waals surface area contributed by atoms with Crippen LogP contribution in [0.25, 0.3) is 10.9 Å². The van der Waals surface area contributed by atoms with Crippen LogP contribution in [0, 0.1) is 5.82 Å². The molecule has 2 atom stereocenters. The number of carboxylic acid groups (broad SMARTS) is 1. The molecule has 0 bridgehead atoms. The van der Waals surface area contributed by atoms with E-state index in [1.54, 1.807) is 9.47 Å². The lowest BCUT2D eigenvalue weighted by molar-refractivity contribution is 0.0694. The molecule has 1 aromatic carbocycles. The molecule has 3 N–H and O–H groups in total. The molecule has 2 aromatic rings. The molecule has 2 heterocycles. The van der Waals surface area contributed by atoms with Crippen molar-refractivity contribution in [3.05, 3.63) is 38.9 Å². The van der Waals surface area contributed by atoms with Crippen LogP contribution in [0.3, 0.4) is 0 Å². The fraction of sp³-hybridized carbons (Fsp3) is 0.444. The smallest absolute Gasteiger partial charge is 0.341 e. The number of hydrogen-bond donors (Lipinski definition) is 2. The average Bonchev–Trinajstić information content (AvgIpc) is 2.53. The number of carboxylic acids is 1. The van der Waals surface area contributed by atoms with Crippen LogP contribution in [-0.2, 0) is 5.54 Å². The van der Waals surface area contributed by atoms with Gasteiger partial charge in [-0.3, -0.25) is 4.79 Å². The molecule has 0 aliphatic carbocycles. The fourth-order valence-electron chi connectivity index (χ4n) is 3.28. The second-order valence-electron chi connectivity index (χ2n) is 7.69. The van der Waals surface area contributed by atoms with E-state index in [0.717, 1.165) is 6.07 Å². The quantitative estimate of drug-likeness (QED) is 0.835. The van der Waals surface area contributed by atoms with Gasteiger partial charge in [0.15, 0.2) is 0 Å². The maximum absolute atomic E-state index is 14.8. The van der Waals surface area contributed by atoms with Crippen molar-refractivity contribution >= 4 is 34.2 Å². The van der Waals surface area contributed by atoms with Crippen LogP contribution in [0.15, 0.2) is 17.1 Å². The van der Waals surface area contributed by atoms with Crippen LogP contribution in [-0.4, -0.2) is 34.3 Å². The maximum atomic E-state index is 14.8. The molecule has 140 valence electrons. The predicted octanol–water partition coefficient (Wildman–Crippen LogP) is 2.78. The van der Waals surface area contributed by atoms with Crippen LogP contribution in [0.1, 0.15) is 38.1 Å². The zero-order valence-corrected chi connectivity index (χ0v) is 15.8. The number of pyridine rings is 1. The van der Waals surface area contributed by atoms with Gasteiger partial charge in [-0.25, -0.2) is 9.18 Å². The highest BCUT2D eigenvalue weighted by molar-refractivity contribution is 6.38. The van der Waals surface area contributed by atoms with Crippen molar-refractivity contribution in [2.75, 3.05) is 11.4 Å². The largest absolute Gasteiger partial charge is 0.477 e. The number of benzene rings is 1. The Kier molecular flexibility index (Phi) is 4.28. The van der Waals surface area contributed by atoms with Crippen molar-refractivity contribution < 1.29 is 14.3 Å². The molecule has 3 rings (SSSR count). The van der Waals surface area contributed by atoms with Crippen LogP contribution < -0.4 is 16.1 Å². The number of rotatable bonds is 2. The Bertz CT molecular complexity index is 981. The lowest BCUT2D eigenvalue weighted by atomic mass is 9.96. The molecule has 1 aliphatic heterocycles. The van der Waals surface area contributed by atoms with Crippen LogP contribution >= 0.6 is 11.6 Å². The van der Waals surface area contributed by atoms with Gasteiger partial charge in [-0.1, -0.05) is 11.6 Å². The first-order valence-corrected chi connectivity index (χ1v) is 8.66. The highest BCUT2D eigenvalue weighted by atomic mass is 35.5. The van der Waals surface area contributed by atoms with E-state index in [9.17, 15) is 19.1 Å². The number of anilines is 1. The Morgan fingerprint density at radius 2 is 2.04 bits per heavy atom. The first-order chi connectivity index (χ1) is 11.9. The molecule has 26 heavy (non-hydrogen) atoms. The zero-order valence-electron chi connectivity index (χ0n) is 15.0. The third-order valence-corrected chi connectivity index (χ3v) is 5.27. The summed E-state index contributed by atoms with van der Waals surface area (Å²) in [6.45, 7) is 7.88. The Labute approximate surface area is 155 Å². The van der Waals surface area contributed by atoms with Crippen LogP contribution in [0.2, 0.25) is 5.02 Å². The number of aromatic nitrogens is 1.